The van der Waals surface area contributed by atoms with E-state index in [1.807, 2.05) is 6.92 Å². The maximum Gasteiger partial charge on any atom is 0.315 e. The van der Waals surface area contributed by atoms with Crippen LogP contribution in [0.2, 0.25) is 0 Å². The normalized spacial score (nSPS) is 24.5. The lowest BCUT2D eigenvalue weighted by Crippen LogP contribution is -2.49. The lowest BCUT2D eigenvalue weighted by Gasteiger charge is -2.28. The predicted molar refractivity (Wildman–Crippen MR) is 71.0 cm³/mol. The van der Waals surface area contributed by atoms with Crippen molar-refractivity contribution in [1.82, 2.24) is 10.6 Å². The number of methoxy groups -OCH3 is 1. The fraction of sp³-hybridized carbons (Fsp3) is 0.846. The quantitative estimate of drug-likeness (QED) is 0.681. The molecule has 0 aliphatic heterocycles. The molecule has 0 aromatic rings. The Balaban J connectivity index is 2.37. The average molecular weight is 272 g/mol. The Morgan fingerprint density at radius 2 is 2.16 bits per heavy atom. The van der Waals surface area contributed by atoms with Crippen LogP contribution in [0, 0.1) is 5.92 Å². The minimum absolute atomic E-state index is 0.0103. The maximum atomic E-state index is 11.8. The molecule has 1 aliphatic carbocycles. The predicted octanol–water partition coefficient (Wildman–Crippen LogP) is 1.35. The van der Waals surface area contributed by atoms with Gasteiger partial charge in [-0.2, -0.15) is 0 Å². The smallest absolute Gasteiger partial charge is 0.315 e. The van der Waals surface area contributed by atoms with Crippen LogP contribution in [-0.4, -0.2) is 42.9 Å². The molecular formula is C13H24N2O4. The molecule has 3 N–H and O–H groups in total. The van der Waals surface area contributed by atoms with Gasteiger partial charge in [0.2, 0.25) is 0 Å². The molecule has 1 saturated carbocycles. The van der Waals surface area contributed by atoms with Crippen LogP contribution in [0.5, 0.6) is 0 Å². The monoisotopic (exact) mass is 272 g/mol. The number of carboxylic acid groups (broad SMARTS) is 1. The molecule has 1 fully saturated rings. The third-order valence-corrected chi connectivity index (χ3v) is 3.55. The minimum Gasteiger partial charge on any atom is -0.481 e. The number of ether oxygens (including phenoxy) is 1. The number of rotatable bonds is 6. The second-order valence-electron chi connectivity index (χ2n) is 5.08. The van der Waals surface area contributed by atoms with Crippen molar-refractivity contribution in [3.8, 4) is 0 Å². The number of nitrogens with one attached hydrogen (secondary N) is 2. The zero-order chi connectivity index (χ0) is 14.3. The third kappa shape index (κ3) is 5.46. The van der Waals surface area contributed by atoms with E-state index in [-0.39, 0.29) is 24.0 Å². The number of carbonyl (C=O) groups excluding carboxylic acids is 1. The van der Waals surface area contributed by atoms with Crippen LogP contribution < -0.4 is 10.6 Å². The summed E-state index contributed by atoms with van der Waals surface area (Å²) in [7, 11) is 1.60. The molecule has 3 atom stereocenters. The molecule has 0 aromatic heterocycles. The fourth-order valence-corrected chi connectivity index (χ4v) is 2.42. The summed E-state index contributed by atoms with van der Waals surface area (Å²) < 4.78 is 5.01. The Morgan fingerprint density at radius 3 is 2.74 bits per heavy atom. The summed E-state index contributed by atoms with van der Waals surface area (Å²) in [6.07, 6.45) is 3.71. The van der Waals surface area contributed by atoms with Crippen LogP contribution in [0.25, 0.3) is 0 Å². The number of urea groups is 1. The van der Waals surface area contributed by atoms with Crippen molar-refractivity contribution in [2.45, 2.75) is 51.1 Å². The van der Waals surface area contributed by atoms with E-state index < -0.39 is 5.97 Å². The van der Waals surface area contributed by atoms with Gasteiger partial charge in [0.1, 0.15) is 0 Å². The minimum atomic E-state index is -0.766. The molecule has 6 heteroatoms. The summed E-state index contributed by atoms with van der Waals surface area (Å²) in [6, 6.07) is -0.293. The van der Waals surface area contributed by atoms with Crippen molar-refractivity contribution in [2.24, 2.45) is 5.92 Å². The maximum absolute atomic E-state index is 11.8. The van der Waals surface area contributed by atoms with E-state index in [0.717, 1.165) is 19.3 Å². The standard InChI is InChI=1S/C13H24N2O4/c1-3-10(8-19-2)14-13(18)15-11-6-4-5-9(7-11)12(16)17/h9-11H,3-8H2,1-2H3,(H,16,17)(H2,14,15,18). The summed E-state index contributed by atoms with van der Waals surface area (Å²) in [5.41, 5.74) is 0. The van der Waals surface area contributed by atoms with Crippen molar-refractivity contribution in [3.05, 3.63) is 0 Å². The Hall–Kier alpha value is -1.30. The van der Waals surface area contributed by atoms with Gasteiger partial charge in [-0.1, -0.05) is 13.3 Å². The number of hydrogen-bond acceptors (Lipinski definition) is 3. The van der Waals surface area contributed by atoms with Gasteiger partial charge in [-0.05, 0) is 25.7 Å². The van der Waals surface area contributed by atoms with E-state index in [9.17, 15) is 9.59 Å². The Labute approximate surface area is 113 Å². The van der Waals surface area contributed by atoms with Crippen molar-refractivity contribution in [1.29, 1.82) is 0 Å². The van der Waals surface area contributed by atoms with Crippen LogP contribution in [0.4, 0.5) is 4.79 Å². The molecule has 1 rings (SSSR count). The van der Waals surface area contributed by atoms with Gasteiger partial charge in [0, 0.05) is 13.2 Å². The van der Waals surface area contributed by atoms with Gasteiger partial charge < -0.3 is 20.5 Å². The topological polar surface area (TPSA) is 87.7 Å². The number of carboxylic acids is 1. The Kier molecular flexibility index (Phi) is 6.62. The van der Waals surface area contributed by atoms with E-state index in [1.54, 1.807) is 7.11 Å². The molecule has 1 aliphatic rings. The van der Waals surface area contributed by atoms with E-state index in [1.165, 1.54) is 0 Å². The van der Waals surface area contributed by atoms with Gasteiger partial charge in [0.25, 0.3) is 0 Å². The fourth-order valence-electron chi connectivity index (χ4n) is 2.42. The molecule has 0 bridgehead atoms. The zero-order valence-corrected chi connectivity index (χ0v) is 11.6. The molecule has 6 nitrogen and oxygen atoms in total. The Morgan fingerprint density at radius 1 is 1.42 bits per heavy atom. The van der Waals surface area contributed by atoms with Crippen molar-refractivity contribution >= 4 is 12.0 Å². The summed E-state index contributed by atoms with van der Waals surface area (Å²) in [5.74, 6) is -1.10. The zero-order valence-electron chi connectivity index (χ0n) is 11.6. The number of carbonyl (C=O) groups is 2. The molecule has 19 heavy (non-hydrogen) atoms. The van der Waals surface area contributed by atoms with Crippen molar-refractivity contribution < 1.29 is 19.4 Å². The van der Waals surface area contributed by atoms with Crippen LogP contribution in [0.1, 0.15) is 39.0 Å². The molecule has 3 unspecified atom stereocenters. The number of aliphatic carboxylic acids is 1. The van der Waals surface area contributed by atoms with Crippen LogP contribution >= 0.6 is 0 Å². The average Bonchev–Trinajstić information content (AvgIpc) is 2.38. The van der Waals surface area contributed by atoms with Gasteiger partial charge in [-0.3, -0.25) is 4.79 Å². The molecule has 2 amide bonds. The van der Waals surface area contributed by atoms with Gasteiger partial charge >= 0.3 is 12.0 Å². The summed E-state index contributed by atoms with van der Waals surface area (Å²) in [5, 5.41) is 14.7. The van der Waals surface area contributed by atoms with E-state index in [2.05, 4.69) is 10.6 Å². The number of amides is 2. The van der Waals surface area contributed by atoms with Gasteiger partial charge in [0.05, 0.1) is 18.6 Å². The highest BCUT2D eigenvalue weighted by Crippen LogP contribution is 2.24. The summed E-state index contributed by atoms with van der Waals surface area (Å²) in [4.78, 5) is 22.8. The molecule has 0 aromatic carbocycles. The first-order valence-electron chi connectivity index (χ1n) is 6.85. The Bertz CT molecular complexity index is 309. The van der Waals surface area contributed by atoms with E-state index in [0.29, 0.717) is 19.4 Å². The second-order valence-corrected chi connectivity index (χ2v) is 5.08. The molecule has 0 saturated heterocycles. The summed E-state index contributed by atoms with van der Waals surface area (Å²) >= 11 is 0. The molecule has 0 radical (unpaired) electrons. The first kappa shape index (κ1) is 15.8. The van der Waals surface area contributed by atoms with Crippen molar-refractivity contribution in [2.75, 3.05) is 13.7 Å². The lowest BCUT2D eigenvalue weighted by molar-refractivity contribution is -0.143. The highest BCUT2D eigenvalue weighted by molar-refractivity contribution is 5.75. The lowest BCUT2D eigenvalue weighted by atomic mass is 9.86. The van der Waals surface area contributed by atoms with Gasteiger partial charge in [-0.15, -0.1) is 0 Å². The molecule has 0 heterocycles. The van der Waals surface area contributed by atoms with Crippen molar-refractivity contribution in [3.63, 3.8) is 0 Å². The highest BCUT2D eigenvalue weighted by atomic mass is 16.5. The van der Waals surface area contributed by atoms with Gasteiger partial charge in [0.15, 0.2) is 0 Å². The molecule has 110 valence electrons. The third-order valence-electron chi connectivity index (χ3n) is 3.55. The van der Waals surface area contributed by atoms with E-state index in [4.69, 9.17) is 9.84 Å². The molecule has 0 spiro atoms. The largest absolute Gasteiger partial charge is 0.481 e. The molecular weight excluding hydrogens is 248 g/mol. The van der Waals surface area contributed by atoms with Crippen LogP contribution in [-0.2, 0) is 9.53 Å². The van der Waals surface area contributed by atoms with Crippen LogP contribution in [0.3, 0.4) is 0 Å². The SMILES string of the molecule is CCC(COC)NC(=O)NC1CCCC(C(=O)O)C1. The van der Waals surface area contributed by atoms with Gasteiger partial charge in [-0.25, -0.2) is 4.79 Å². The summed E-state index contributed by atoms with van der Waals surface area (Å²) in [6.45, 7) is 2.46. The highest BCUT2D eigenvalue weighted by Gasteiger charge is 2.28. The number of hydrogen-bond donors (Lipinski definition) is 3. The first-order chi connectivity index (χ1) is 9.06. The van der Waals surface area contributed by atoms with E-state index >= 15 is 0 Å². The first-order valence-corrected chi connectivity index (χ1v) is 6.85. The van der Waals surface area contributed by atoms with Crippen LogP contribution in [0.15, 0.2) is 0 Å². The second kappa shape index (κ2) is 7.99.